The molecule has 0 aromatic heterocycles. The first-order valence-corrected chi connectivity index (χ1v) is 12.4. The van der Waals surface area contributed by atoms with Gasteiger partial charge in [-0.1, -0.05) is 35.9 Å². The molecule has 0 unspecified atom stereocenters. The summed E-state index contributed by atoms with van der Waals surface area (Å²) in [5.74, 6) is 0.235. The Morgan fingerprint density at radius 2 is 1.94 bits per heavy atom. The van der Waals surface area contributed by atoms with E-state index in [0.29, 0.717) is 43.1 Å². The summed E-state index contributed by atoms with van der Waals surface area (Å²) in [6.45, 7) is 5.37. The van der Waals surface area contributed by atoms with E-state index in [9.17, 15) is 13.2 Å². The number of hydrogen-bond donors (Lipinski definition) is 1. The Hall–Kier alpha value is -2.09. The molecular formula is C23H29ClN2O4S. The van der Waals surface area contributed by atoms with Gasteiger partial charge in [-0.2, -0.15) is 0 Å². The number of nitrogens with zero attached hydrogens (tertiary/aromatic N) is 1. The minimum atomic E-state index is -3.50. The minimum Gasteiger partial charge on any atom is -0.491 e. The number of nitrogens with one attached hydrogen (secondary N) is 1. The highest BCUT2D eigenvalue weighted by Gasteiger charge is 2.32. The molecule has 8 heteroatoms. The van der Waals surface area contributed by atoms with Gasteiger partial charge in [-0.05, 0) is 61.6 Å². The molecule has 1 atom stereocenters. The van der Waals surface area contributed by atoms with Crippen LogP contribution in [0.3, 0.4) is 0 Å². The number of amides is 1. The zero-order valence-electron chi connectivity index (χ0n) is 17.9. The van der Waals surface area contributed by atoms with Crippen LogP contribution in [0, 0.1) is 19.8 Å². The van der Waals surface area contributed by atoms with Crippen LogP contribution in [-0.2, 0) is 20.6 Å². The van der Waals surface area contributed by atoms with Crippen LogP contribution in [0.4, 0.5) is 0 Å². The molecule has 168 valence electrons. The predicted octanol–water partition coefficient (Wildman–Crippen LogP) is 3.69. The van der Waals surface area contributed by atoms with E-state index in [2.05, 4.69) is 5.32 Å². The van der Waals surface area contributed by atoms with E-state index in [0.717, 1.165) is 16.9 Å². The summed E-state index contributed by atoms with van der Waals surface area (Å²) in [6, 6.07) is 12.8. The molecule has 1 amide bonds. The molecule has 1 heterocycles. The van der Waals surface area contributed by atoms with Gasteiger partial charge in [0.25, 0.3) is 0 Å². The largest absolute Gasteiger partial charge is 0.491 e. The second kappa shape index (κ2) is 10.5. The second-order valence-electron chi connectivity index (χ2n) is 7.99. The van der Waals surface area contributed by atoms with Gasteiger partial charge in [0.15, 0.2) is 0 Å². The number of carbonyl (C=O) groups excluding carboxylic acids is 1. The van der Waals surface area contributed by atoms with Crippen LogP contribution in [0.1, 0.15) is 29.5 Å². The lowest BCUT2D eigenvalue weighted by Gasteiger charge is -2.31. The highest BCUT2D eigenvalue weighted by atomic mass is 35.5. The van der Waals surface area contributed by atoms with E-state index in [4.69, 9.17) is 16.3 Å². The molecule has 0 aliphatic carbocycles. The number of ether oxygens (including phenoxy) is 1. The number of sulfonamides is 1. The van der Waals surface area contributed by atoms with Gasteiger partial charge in [0, 0.05) is 18.1 Å². The Labute approximate surface area is 189 Å². The van der Waals surface area contributed by atoms with Crippen molar-refractivity contribution in [3.8, 4) is 5.75 Å². The Kier molecular flexibility index (Phi) is 7.97. The fraction of sp³-hybridized carbons (Fsp3) is 0.435. The molecule has 0 saturated carbocycles. The second-order valence-corrected chi connectivity index (χ2v) is 10.4. The molecule has 0 spiro atoms. The molecule has 3 rings (SSSR count). The van der Waals surface area contributed by atoms with Crippen molar-refractivity contribution in [1.29, 1.82) is 0 Å². The normalized spacial score (nSPS) is 17.3. The van der Waals surface area contributed by atoms with Crippen LogP contribution in [-0.4, -0.2) is 44.9 Å². The lowest BCUT2D eigenvalue weighted by atomic mass is 9.99. The average Bonchev–Trinajstić information content (AvgIpc) is 2.75. The van der Waals surface area contributed by atoms with Crippen LogP contribution in [0.2, 0.25) is 5.02 Å². The summed E-state index contributed by atoms with van der Waals surface area (Å²) >= 11 is 5.87. The minimum absolute atomic E-state index is 0.0950. The number of halogens is 1. The van der Waals surface area contributed by atoms with Crippen molar-refractivity contribution in [1.82, 2.24) is 9.62 Å². The maximum Gasteiger partial charge on any atom is 0.224 e. The van der Waals surface area contributed by atoms with Crippen molar-refractivity contribution in [3.05, 3.63) is 64.2 Å². The Balaban J connectivity index is 1.49. The monoisotopic (exact) mass is 464 g/mol. The van der Waals surface area contributed by atoms with Gasteiger partial charge in [-0.25, -0.2) is 12.7 Å². The lowest BCUT2D eigenvalue weighted by Crippen LogP contribution is -2.46. The third-order valence-corrected chi connectivity index (χ3v) is 7.48. The molecule has 1 saturated heterocycles. The maximum absolute atomic E-state index is 12.8. The Bertz CT molecular complexity index is 1010. The summed E-state index contributed by atoms with van der Waals surface area (Å²) in [5.41, 5.74) is 2.84. The zero-order chi connectivity index (χ0) is 22.4. The molecule has 2 aromatic carbocycles. The molecule has 31 heavy (non-hydrogen) atoms. The predicted molar refractivity (Wildman–Crippen MR) is 123 cm³/mol. The van der Waals surface area contributed by atoms with Gasteiger partial charge < -0.3 is 10.1 Å². The quantitative estimate of drug-likeness (QED) is 0.604. The highest BCUT2D eigenvalue weighted by molar-refractivity contribution is 7.88. The van der Waals surface area contributed by atoms with Crippen molar-refractivity contribution in [2.75, 3.05) is 26.2 Å². The number of benzene rings is 2. The van der Waals surface area contributed by atoms with Crippen LogP contribution in [0.15, 0.2) is 42.5 Å². The van der Waals surface area contributed by atoms with Crippen LogP contribution < -0.4 is 10.1 Å². The first-order chi connectivity index (χ1) is 14.7. The van der Waals surface area contributed by atoms with Gasteiger partial charge in [-0.3, -0.25) is 4.79 Å². The maximum atomic E-state index is 12.8. The third kappa shape index (κ3) is 6.69. The van der Waals surface area contributed by atoms with Crippen LogP contribution in [0.25, 0.3) is 0 Å². The molecule has 0 radical (unpaired) electrons. The summed E-state index contributed by atoms with van der Waals surface area (Å²) < 4.78 is 32.9. The number of piperidine rings is 1. The first kappa shape index (κ1) is 23.6. The van der Waals surface area contributed by atoms with Gasteiger partial charge in [0.1, 0.15) is 12.4 Å². The number of rotatable bonds is 8. The van der Waals surface area contributed by atoms with Gasteiger partial charge in [0.05, 0.1) is 18.2 Å². The van der Waals surface area contributed by atoms with Gasteiger partial charge in [-0.15, -0.1) is 0 Å². The molecule has 1 aliphatic heterocycles. The lowest BCUT2D eigenvalue weighted by molar-refractivity contribution is -0.126. The summed E-state index contributed by atoms with van der Waals surface area (Å²) in [6.07, 6.45) is 1.34. The Morgan fingerprint density at radius 1 is 1.19 bits per heavy atom. The molecular weight excluding hydrogens is 436 g/mol. The van der Waals surface area contributed by atoms with E-state index in [1.54, 1.807) is 24.3 Å². The smallest absolute Gasteiger partial charge is 0.224 e. The van der Waals surface area contributed by atoms with E-state index < -0.39 is 10.0 Å². The summed E-state index contributed by atoms with van der Waals surface area (Å²) in [7, 11) is -3.50. The zero-order valence-corrected chi connectivity index (χ0v) is 19.5. The van der Waals surface area contributed by atoms with Crippen molar-refractivity contribution in [2.45, 2.75) is 32.4 Å². The molecule has 0 bridgehead atoms. The van der Waals surface area contributed by atoms with Gasteiger partial charge in [0.2, 0.25) is 15.9 Å². The van der Waals surface area contributed by atoms with E-state index in [1.165, 1.54) is 4.31 Å². The number of aryl methyl sites for hydroxylation is 2. The van der Waals surface area contributed by atoms with Crippen molar-refractivity contribution in [3.63, 3.8) is 0 Å². The first-order valence-electron chi connectivity index (χ1n) is 10.4. The van der Waals surface area contributed by atoms with Gasteiger partial charge >= 0.3 is 0 Å². The molecule has 2 aromatic rings. The highest BCUT2D eigenvalue weighted by Crippen LogP contribution is 2.22. The molecule has 1 aliphatic rings. The standard InChI is InChI=1S/C23H29ClN2O4S/c1-17-5-6-18(2)22(14-17)30-13-11-25-23(27)20-4-3-12-26(15-20)31(28,29)16-19-7-9-21(24)10-8-19/h5-10,14,20H,3-4,11-13,15-16H2,1-2H3,(H,25,27)/t20-/m1/s1. The Morgan fingerprint density at radius 3 is 2.68 bits per heavy atom. The molecule has 1 N–H and O–H groups in total. The number of carbonyl (C=O) groups is 1. The van der Waals surface area contributed by atoms with E-state index in [-0.39, 0.29) is 24.1 Å². The van der Waals surface area contributed by atoms with E-state index in [1.807, 2.05) is 32.0 Å². The van der Waals surface area contributed by atoms with E-state index >= 15 is 0 Å². The van der Waals surface area contributed by atoms with Crippen LogP contribution >= 0.6 is 11.6 Å². The molecule has 6 nitrogen and oxygen atoms in total. The topological polar surface area (TPSA) is 75.7 Å². The van der Waals surface area contributed by atoms with Crippen molar-refractivity contribution < 1.29 is 17.9 Å². The average molecular weight is 465 g/mol. The number of hydrogen-bond acceptors (Lipinski definition) is 4. The van der Waals surface area contributed by atoms with Crippen molar-refractivity contribution >= 4 is 27.5 Å². The fourth-order valence-corrected chi connectivity index (χ4v) is 5.37. The summed E-state index contributed by atoms with van der Waals surface area (Å²) in [5, 5.41) is 3.45. The summed E-state index contributed by atoms with van der Waals surface area (Å²) in [4.78, 5) is 12.6. The fourth-order valence-electron chi connectivity index (χ4n) is 3.63. The molecule has 1 fully saturated rings. The van der Waals surface area contributed by atoms with Crippen LogP contribution in [0.5, 0.6) is 5.75 Å². The third-order valence-electron chi connectivity index (χ3n) is 5.41. The SMILES string of the molecule is Cc1ccc(C)c(OCCNC(=O)[C@@H]2CCCN(S(=O)(=O)Cc3ccc(Cl)cc3)C2)c1. The van der Waals surface area contributed by atoms with Crippen molar-refractivity contribution in [2.24, 2.45) is 5.92 Å².